The molecule has 0 fully saturated rings. The van der Waals surface area contributed by atoms with Gasteiger partial charge in [-0.3, -0.25) is 0 Å². The van der Waals surface area contributed by atoms with E-state index in [0.29, 0.717) is 12.1 Å². The van der Waals surface area contributed by atoms with Crippen molar-refractivity contribution in [2.45, 2.75) is 58.5 Å². The molecule has 0 spiro atoms. The maximum absolute atomic E-state index is 13.2. The third-order valence-corrected chi connectivity index (χ3v) is 4.67. The van der Waals surface area contributed by atoms with Crippen molar-refractivity contribution in [3.05, 3.63) is 35.1 Å². The second-order valence-electron chi connectivity index (χ2n) is 6.17. The van der Waals surface area contributed by atoms with Crippen molar-refractivity contribution in [2.75, 3.05) is 19.6 Å². The highest BCUT2D eigenvalue weighted by Gasteiger charge is 2.23. The highest BCUT2D eigenvalue weighted by atomic mass is 19.1. The molecule has 2 unspecified atom stereocenters. The van der Waals surface area contributed by atoms with Crippen LogP contribution in [0.2, 0.25) is 0 Å². The van der Waals surface area contributed by atoms with Crippen LogP contribution in [-0.4, -0.2) is 30.6 Å². The summed E-state index contributed by atoms with van der Waals surface area (Å²) in [5.74, 6) is -0.110. The standard InChI is InChI=1S/C18H29FN2/c1-4-21(5-2)12-6-7-14(3)20-18-11-8-15-13-16(19)9-10-17(15)18/h9-10,13-14,18,20H,4-8,11-12H2,1-3H3. The highest BCUT2D eigenvalue weighted by Crippen LogP contribution is 2.32. The number of nitrogens with zero attached hydrogens (tertiary/aromatic N) is 1. The zero-order chi connectivity index (χ0) is 15.2. The molecule has 0 saturated heterocycles. The summed E-state index contributed by atoms with van der Waals surface area (Å²) in [4.78, 5) is 2.47. The van der Waals surface area contributed by atoms with Crippen LogP contribution in [-0.2, 0) is 6.42 Å². The van der Waals surface area contributed by atoms with Gasteiger partial charge in [-0.15, -0.1) is 0 Å². The lowest BCUT2D eigenvalue weighted by molar-refractivity contribution is 0.288. The second-order valence-corrected chi connectivity index (χ2v) is 6.17. The summed E-state index contributed by atoms with van der Waals surface area (Å²) in [7, 11) is 0. The van der Waals surface area contributed by atoms with Crippen LogP contribution in [0.15, 0.2) is 18.2 Å². The van der Waals surface area contributed by atoms with Gasteiger partial charge in [0.25, 0.3) is 0 Å². The first-order valence-electron chi connectivity index (χ1n) is 8.40. The normalized spacial score (nSPS) is 19.0. The molecule has 0 bridgehead atoms. The number of nitrogens with one attached hydrogen (secondary N) is 1. The maximum atomic E-state index is 13.2. The highest BCUT2D eigenvalue weighted by molar-refractivity contribution is 5.35. The second kappa shape index (κ2) is 7.90. The minimum absolute atomic E-state index is 0.110. The fraction of sp³-hybridized carbons (Fsp3) is 0.667. The molecule has 2 atom stereocenters. The first-order valence-corrected chi connectivity index (χ1v) is 8.40. The number of hydrogen-bond acceptors (Lipinski definition) is 2. The van der Waals surface area contributed by atoms with Gasteiger partial charge in [0, 0.05) is 12.1 Å². The van der Waals surface area contributed by atoms with E-state index in [9.17, 15) is 4.39 Å². The summed E-state index contributed by atoms with van der Waals surface area (Å²) in [6.45, 7) is 10.2. The Labute approximate surface area is 128 Å². The molecule has 0 saturated carbocycles. The molecular formula is C18H29FN2. The monoisotopic (exact) mass is 292 g/mol. The molecule has 2 rings (SSSR count). The lowest BCUT2D eigenvalue weighted by atomic mass is 10.1. The van der Waals surface area contributed by atoms with Gasteiger partial charge >= 0.3 is 0 Å². The first-order chi connectivity index (χ1) is 10.1. The fourth-order valence-corrected chi connectivity index (χ4v) is 3.35. The Kier molecular flexibility index (Phi) is 6.19. The van der Waals surface area contributed by atoms with E-state index in [4.69, 9.17) is 0 Å². The summed E-state index contributed by atoms with van der Waals surface area (Å²) in [5.41, 5.74) is 2.48. The van der Waals surface area contributed by atoms with Gasteiger partial charge in [-0.25, -0.2) is 4.39 Å². The van der Waals surface area contributed by atoms with Crippen molar-refractivity contribution in [3.8, 4) is 0 Å². The summed E-state index contributed by atoms with van der Waals surface area (Å²) in [6, 6.07) is 6.16. The van der Waals surface area contributed by atoms with Gasteiger partial charge in [-0.05, 0) is 75.5 Å². The van der Waals surface area contributed by atoms with Crippen molar-refractivity contribution in [2.24, 2.45) is 0 Å². The third-order valence-electron chi connectivity index (χ3n) is 4.67. The molecule has 2 nitrogen and oxygen atoms in total. The van der Waals surface area contributed by atoms with E-state index in [-0.39, 0.29) is 5.82 Å². The van der Waals surface area contributed by atoms with Crippen LogP contribution >= 0.6 is 0 Å². The van der Waals surface area contributed by atoms with Crippen LogP contribution in [0.3, 0.4) is 0 Å². The minimum atomic E-state index is -0.110. The average Bonchev–Trinajstić information content (AvgIpc) is 2.85. The lowest BCUT2D eigenvalue weighted by Gasteiger charge is -2.22. The Morgan fingerprint density at radius 3 is 2.81 bits per heavy atom. The molecule has 0 amide bonds. The van der Waals surface area contributed by atoms with E-state index in [2.05, 4.69) is 31.0 Å². The van der Waals surface area contributed by atoms with Gasteiger partial charge in [0.15, 0.2) is 0 Å². The average molecular weight is 292 g/mol. The van der Waals surface area contributed by atoms with Crippen molar-refractivity contribution in [1.29, 1.82) is 0 Å². The fourth-order valence-electron chi connectivity index (χ4n) is 3.35. The summed E-state index contributed by atoms with van der Waals surface area (Å²) >= 11 is 0. The molecule has 0 radical (unpaired) electrons. The van der Waals surface area contributed by atoms with Crippen molar-refractivity contribution >= 4 is 0 Å². The van der Waals surface area contributed by atoms with Gasteiger partial charge in [0.1, 0.15) is 5.82 Å². The molecule has 0 aromatic heterocycles. The molecular weight excluding hydrogens is 263 g/mol. The molecule has 3 heteroatoms. The van der Waals surface area contributed by atoms with E-state index < -0.39 is 0 Å². The van der Waals surface area contributed by atoms with E-state index in [0.717, 1.165) is 25.9 Å². The molecule has 1 aromatic rings. The zero-order valence-electron chi connectivity index (χ0n) is 13.7. The Morgan fingerprint density at radius 1 is 1.33 bits per heavy atom. The molecule has 1 N–H and O–H groups in total. The van der Waals surface area contributed by atoms with Crippen LogP contribution < -0.4 is 5.32 Å². The summed E-state index contributed by atoms with van der Waals surface area (Å²) < 4.78 is 13.2. The summed E-state index contributed by atoms with van der Waals surface area (Å²) in [6.07, 6.45) is 4.53. The maximum Gasteiger partial charge on any atom is 0.123 e. The Morgan fingerprint density at radius 2 is 2.10 bits per heavy atom. The van der Waals surface area contributed by atoms with Gasteiger partial charge < -0.3 is 10.2 Å². The van der Waals surface area contributed by atoms with Crippen LogP contribution in [0, 0.1) is 5.82 Å². The van der Waals surface area contributed by atoms with Crippen LogP contribution in [0.1, 0.15) is 57.2 Å². The smallest absolute Gasteiger partial charge is 0.123 e. The van der Waals surface area contributed by atoms with Crippen LogP contribution in [0.5, 0.6) is 0 Å². The third kappa shape index (κ3) is 4.52. The van der Waals surface area contributed by atoms with Crippen molar-refractivity contribution in [1.82, 2.24) is 10.2 Å². The number of fused-ring (bicyclic) bond motifs is 1. The van der Waals surface area contributed by atoms with E-state index in [1.165, 1.54) is 30.5 Å². The molecule has 1 aliphatic carbocycles. The molecule has 0 aliphatic heterocycles. The van der Waals surface area contributed by atoms with Crippen molar-refractivity contribution in [3.63, 3.8) is 0 Å². The number of halogens is 1. The lowest BCUT2D eigenvalue weighted by Crippen LogP contribution is -2.31. The molecule has 21 heavy (non-hydrogen) atoms. The molecule has 0 heterocycles. The van der Waals surface area contributed by atoms with E-state index >= 15 is 0 Å². The van der Waals surface area contributed by atoms with Gasteiger partial charge in [-0.1, -0.05) is 19.9 Å². The Hall–Kier alpha value is -0.930. The minimum Gasteiger partial charge on any atom is -0.307 e. The van der Waals surface area contributed by atoms with Gasteiger partial charge in [-0.2, -0.15) is 0 Å². The molecule has 1 aliphatic rings. The van der Waals surface area contributed by atoms with Gasteiger partial charge in [0.2, 0.25) is 0 Å². The zero-order valence-corrected chi connectivity index (χ0v) is 13.7. The topological polar surface area (TPSA) is 15.3 Å². The van der Waals surface area contributed by atoms with E-state index in [1.807, 2.05) is 6.07 Å². The molecule has 1 aromatic carbocycles. The SMILES string of the molecule is CCN(CC)CCCC(C)NC1CCc2cc(F)ccc21. The quantitative estimate of drug-likeness (QED) is 0.781. The number of benzene rings is 1. The number of rotatable bonds is 8. The predicted molar refractivity (Wildman–Crippen MR) is 87.1 cm³/mol. The largest absolute Gasteiger partial charge is 0.307 e. The molecule has 118 valence electrons. The van der Waals surface area contributed by atoms with Crippen LogP contribution in [0.4, 0.5) is 4.39 Å². The number of aryl methyl sites for hydroxylation is 1. The van der Waals surface area contributed by atoms with Crippen LogP contribution in [0.25, 0.3) is 0 Å². The predicted octanol–water partition coefficient (Wildman–Crippen LogP) is 3.91. The van der Waals surface area contributed by atoms with Gasteiger partial charge in [0.05, 0.1) is 0 Å². The van der Waals surface area contributed by atoms with E-state index in [1.54, 1.807) is 12.1 Å². The first kappa shape index (κ1) is 16.4. The Balaban J connectivity index is 1.78. The summed E-state index contributed by atoms with van der Waals surface area (Å²) in [5, 5.41) is 3.72. The van der Waals surface area contributed by atoms with Crippen molar-refractivity contribution < 1.29 is 4.39 Å². The Bertz CT molecular complexity index is 443. The number of hydrogen-bond donors (Lipinski definition) is 1.